The van der Waals surface area contributed by atoms with Gasteiger partial charge in [0.15, 0.2) is 5.78 Å². The van der Waals surface area contributed by atoms with E-state index in [-0.39, 0.29) is 17.4 Å². The molecule has 1 saturated carbocycles. The number of carbonyl (C=O) groups is 2. The molecule has 9 heteroatoms. The number of thioether (sulfide) groups is 1. The lowest BCUT2D eigenvalue weighted by Gasteiger charge is -2.44. The molecule has 1 amide bonds. The Morgan fingerprint density at radius 2 is 2.15 bits per heavy atom. The first-order valence-corrected chi connectivity index (χ1v) is 9.73. The maximum atomic E-state index is 13.0. The van der Waals surface area contributed by atoms with E-state index in [1.165, 1.54) is 16.4 Å². The normalized spacial score (nSPS) is 20.2. The van der Waals surface area contributed by atoms with Crippen LogP contribution in [0.1, 0.15) is 31.2 Å². The minimum Gasteiger partial charge on any atom is -0.328 e. The number of likely N-dealkylation sites (N-methyl/N-ethyl adjacent to an activating group) is 1. The van der Waals surface area contributed by atoms with Crippen LogP contribution in [0.25, 0.3) is 0 Å². The number of halogens is 1. The summed E-state index contributed by atoms with van der Waals surface area (Å²) in [6.45, 7) is 0. The number of hydrogen-bond acceptors (Lipinski definition) is 6. The van der Waals surface area contributed by atoms with Gasteiger partial charge in [0, 0.05) is 31.1 Å². The highest BCUT2D eigenvalue weighted by Gasteiger charge is 2.47. The van der Waals surface area contributed by atoms with E-state index in [1.807, 2.05) is 18.2 Å². The Balaban J connectivity index is 1.89. The van der Waals surface area contributed by atoms with E-state index in [0.717, 1.165) is 12.8 Å². The van der Waals surface area contributed by atoms with Crippen LogP contribution in [0.2, 0.25) is 5.02 Å². The van der Waals surface area contributed by atoms with E-state index in [9.17, 15) is 9.59 Å². The molecule has 1 fully saturated rings. The minimum absolute atomic E-state index is 0.0398. The Bertz CT molecular complexity index is 827. The van der Waals surface area contributed by atoms with Crippen molar-refractivity contribution in [2.45, 2.75) is 36.4 Å². The van der Waals surface area contributed by atoms with E-state index in [0.29, 0.717) is 28.6 Å². The topological polar surface area (TPSA) is 81.0 Å². The standard InChI is InChI=1S/C17H20ClN5O2S/c1-22(15(25)11-26-16-19-20-21-23(16)2)17(10-6-5-9-14(17)24)12-7-3-4-8-13(12)18/h3-4,7-8H,5-6,9-11H2,1-2H3/t17-/m1/s1. The third-order valence-corrected chi connectivity index (χ3v) is 6.15. The first kappa shape index (κ1) is 18.8. The van der Waals surface area contributed by atoms with Crippen LogP contribution in [0.15, 0.2) is 29.4 Å². The van der Waals surface area contributed by atoms with Crippen molar-refractivity contribution >= 4 is 35.1 Å². The second kappa shape index (κ2) is 7.75. The average Bonchev–Trinajstić information content (AvgIpc) is 3.05. The molecule has 0 saturated heterocycles. The van der Waals surface area contributed by atoms with Crippen LogP contribution in [-0.4, -0.2) is 49.6 Å². The maximum Gasteiger partial charge on any atom is 0.233 e. The molecule has 0 N–H and O–H groups in total. The molecule has 0 aliphatic heterocycles. The third-order valence-electron chi connectivity index (χ3n) is 4.83. The molecular weight excluding hydrogens is 374 g/mol. The Labute approximate surface area is 161 Å². The number of aryl methyl sites for hydroxylation is 1. The van der Waals surface area contributed by atoms with Gasteiger partial charge in [0.05, 0.1) is 5.75 Å². The first-order valence-electron chi connectivity index (χ1n) is 8.37. The molecular formula is C17H20ClN5O2S. The molecule has 1 heterocycles. The van der Waals surface area contributed by atoms with Gasteiger partial charge in [0.25, 0.3) is 0 Å². The van der Waals surface area contributed by atoms with Crippen molar-refractivity contribution in [2.75, 3.05) is 12.8 Å². The number of hydrogen-bond donors (Lipinski definition) is 0. The van der Waals surface area contributed by atoms with Crippen LogP contribution in [-0.2, 0) is 22.2 Å². The predicted molar refractivity (Wildman–Crippen MR) is 98.9 cm³/mol. The van der Waals surface area contributed by atoms with Gasteiger partial charge in [-0.1, -0.05) is 41.6 Å². The van der Waals surface area contributed by atoms with Gasteiger partial charge in [-0.25, -0.2) is 4.68 Å². The summed E-state index contributed by atoms with van der Waals surface area (Å²) in [7, 11) is 3.40. The lowest BCUT2D eigenvalue weighted by Crippen LogP contribution is -2.54. The largest absolute Gasteiger partial charge is 0.328 e. The molecule has 26 heavy (non-hydrogen) atoms. The molecule has 3 rings (SSSR count). The van der Waals surface area contributed by atoms with Crippen LogP contribution >= 0.6 is 23.4 Å². The summed E-state index contributed by atoms with van der Waals surface area (Å²) in [5, 5.41) is 12.2. The van der Waals surface area contributed by atoms with Crippen molar-refractivity contribution in [2.24, 2.45) is 7.05 Å². The molecule has 2 aromatic rings. The lowest BCUT2D eigenvalue weighted by molar-refractivity contribution is -0.146. The van der Waals surface area contributed by atoms with E-state index < -0.39 is 5.54 Å². The Morgan fingerprint density at radius 1 is 1.38 bits per heavy atom. The molecule has 7 nitrogen and oxygen atoms in total. The number of rotatable bonds is 5. The number of ketones is 1. The SMILES string of the molecule is CN(C(=O)CSc1nnnn1C)[C@@]1(c2ccccc2Cl)CCCCC1=O. The Morgan fingerprint density at radius 3 is 2.81 bits per heavy atom. The van der Waals surface area contributed by atoms with Crippen LogP contribution in [0.5, 0.6) is 0 Å². The molecule has 0 spiro atoms. The van der Waals surface area contributed by atoms with Gasteiger partial charge >= 0.3 is 0 Å². The van der Waals surface area contributed by atoms with Crippen molar-refractivity contribution in [3.05, 3.63) is 34.9 Å². The summed E-state index contributed by atoms with van der Waals surface area (Å²) in [5.74, 6) is 0.0238. The van der Waals surface area contributed by atoms with Crippen molar-refractivity contribution in [3.63, 3.8) is 0 Å². The smallest absolute Gasteiger partial charge is 0.233 e. The molecule has 0 unspecified atom stereocenters. The summed E-state index contributed by atoms with van der Waals surface area (Å²) in [6.07, 6.45) is 2.73. The predicted octanol–water partition coefficient (Wildman–Crippen LogP) is 2.45. The number of benzene rings is 1. The van der Waals surface area contributed by atoms with Crippen LogP contribution in [0.4, 0.5) is 0 Å². The van der Waals surface area contributed by atoms with Gasteiger partial charge in [-0.2, -0.15) is 0 Å². The summed E-state index contributed by atoms with van der Waals surface area (Å²) in [5.41, 5.74) is -0.306. The van der Waals surface area contributed by atoms with E-state index in [1.54, 1.807) is 25.1 Å². The minimum atomic E-state index is -1.01. The Hall–Kier alpha value is -1.93. The second-order valence-corrected chi connectivity index (χ2v) is 7.65. The zero-order valence-electron chi connectivity index (χ0n) is 14.7. The fourth-order valence-corrected chi connectivity index (χ4v) is 4.46. The van der Waals surface area contributed by atoms with Crippen LogP contribution in [0, 0.1) is 0 Å². The van der Waals surface area contributed by atoms with E-state index >= 15 is 0 Å². The number of aromatic nitrogens is 4. The lowest BCUT2D eigenvalue weighted by atomic mass is 9.74. The zero-order valence-corrected chi connectivity index (χ0v) is 16.3. The monoisotopic (exact) mass is 393 g/mol. The van der Waals surface area contributed by atoms with E-state index in [4.69, 9.17) is 11.6 Å². The fraction of sp³-hybridized carbons (Fsp3) is 0.471. The fourth-order valence-electron chi connectivity index (χ4n) is 3.41. The van der Waals surface area contributed by atoms with Crippen molar-refractivity contribution in [3.8, 4) is 0 Å². The molecule has 1 aliphatic rings. The average molecular weight is 394 g/mol. The van der Waals surface area contributed by atoms with Crippen molar-refractivity contribution in [1.29, 1.82) is 0 Å². The molecule has 1 aliphatic carbocycles. The van der Waals surface area contributed by atoms with Crippen LogP contribution < -0.4 is 0 Å². The van der Waals surface area contributed by atoms with Gasteiger partial charge in [-0.05, 0) is 35.8 Å². The molecule has 138 valence electrons. The quantitative estimate of drug-likeness (QED) is 0.726. The van der Waals surface area contributed by atoms with Crippen molar-refractivity contribution < 1.29 is 9.59 Å². The molecule has 1 aromatic carbocycles. The van der Waals surface area contributed by atoms with Gasteiger partial charge in [0.1, 0.15) is 5.54 Å². The van der Waals surface area contributed by atoms with Gasteiger partial charge in [-0.15, -0.1) is 5.10 Å². The number of carbonyl (C=O) groups excluding carboxylic acids is 2. The zero-order chi connectivity index (χ0) is 18.7. The highest BCUT2D eigenvalue weighted by Crippen LogP contribution is 2.42. The van der Waals surface area contributed by atoms with Gasteiger partial charge in [0.2, 0.25) is 11.1 Å². The van der Waals surface area contributed by atoms with Crippen molar-refractivity contribution in [1.82, 2.24) is 25.1 Å². The number of amides is 1. The first-order chi connectivity index (χ1) is 12.5. The molecule has 1 atom stereocenters. The summed E-state index contributed by atoms with van der Waals surface area (Å²) < 4.78 is 1.51. The molecule has 1 aromatic heterocycles. The summed E-state index contributed by atoms with van der Waals surface area (Å²) in [4.78, 5) is 27.5. The highest BCUT2D eigenvalue weighted by atomic mass is 35.5. The van der Waals surface area contributed by atoms with Gasteiger partial charge in [-0.3, -0.25) is 9.59 Å². The van der Waals surface area contributed by atoms with Crippen LogP contribution in [0.3, 0.4) is 0 Å². The molecule has 0 bridgehead atoms. The highest BCUT2D eigenvalue weighted by molar-refractivity contribution is 7.99. The number of nitrogens with zero attached hydrogens (tertiary/aromatic N) is 5. The number of tetrazole rings is 1. The van der Waals surface area contributed by atoms with Gasteiger partial charge < -0.3 is 4.90 Å². The summed E-state index contributed by atoms with van der Waals surface area (Å²) >= 11 is 7.66. The number of Topliss-reactive ketones (excluding diaryl/α,β-unsaturated/α-hetero) is 1. The van der Waals surface area contributed by atoms with E-state index in [2.05, 4.69) is 15.5 Å². The summed E-state index contributed by atoms with van der Waals surface area (Å²) in [6, 6.07) is 7.28. The second-order valence-electron chi connectivity index (χ2n) is 6.30. The third kappa shape index (κ3) is 3.35. The molecule has 0 radical (unpaired) electrons. The Kier molecular flexibility index (Phi) is 5.62. The maximum absolute atomic E-state index is 13.0.